The Bertz CT molecular complexity index is 427. The molecule has 0 atom stereocenters. The molecule has 0 saturated heterocycles. The SMILES string of the molecule is CCCCCCCCCCCCCCCCC([O-])=NCCS(=O)(=O)O.[K+]. The van der Waals surface area contributed by atoms with Gasteiger partial charge in [0.1, 0.15) is 0 Å². The third-order valence-electron chi connectivity index (χ3n) is 4.38. The zero-order valence-corrected chi connectivity index (χ0v) is 21.0. The van der Waals surface area contributed by atoms with Crippen molar-refractivity contribution in [3.63, 3.8) is 0 Å². The third-order valence-corrected chi connectivity index (χ3v) is 5.08. The Balaban J connectivity index is 0. The number of nitrogens with zero attached hydrogens (tertiary/aromatic N) is 1. The normalized spacial score (nSPS) is 12.2. The van der Waals surface area contributed by atoms with Crippen LogP contribution in [0.5, 0.6) is 0 Å². The fourth-order valence-electron chi connectivity index (χ4n) is 2.84. The number of unbranched alkanes of at least 4 members (excludes halogenated alkanes) is 13. The van der Waals surface area contributed by atoms with Crippen LogP contribution in [0, 0.1) is 0 Å². The van der Waals surface area contributed by atoms with E-state index in [4.69, 9.17) is 4.55 Å². The summed E-state index contributed by atoms with van der Waals surface area (Å²) in [5, 5.41) is 11.4. The Morgan fingerprint density at radius 3 is 1.58 bits per heavy atom. The van der Waals surface area contributed by atoms with Gasteiger partial charge >= 0.3 is 51.4 Å². The van der Waals surface area contributed by atoms with E-state index in [0.29, 0.717) is 6.42 Å². The molecule has 0 spiro atoms. The maximum absolute atomic E-state index is 11.4. The Hall–Kier alpha value is 1.02. The van der Waals surface area contributed by atoms with Gasteiger partial charge in [0.15, 0.2) is 0 Å². The van der Waals surface area contributed by atoms with Crippen LogP contribution in [0.25, 0.3) is 0 Å². The summed E-state index contributed by atoms with van der Waals surface area (Å²) in [6.07, 6.45) is 18.2. The van der Waals surface area contributed by atoms with E-state index in [1.54, 1.807) is 0 Å². The fourth-order valence-corrected chi connectivity index (χ4v) is 3.16. The maximum atomic E-state index is 11.4. The Morgan fingerprint density at radius 2 is 1.19 bits per heavy atom. The average Bonchev–Trinajstić information content (AvgIpc) is 2.54. The van der Waals surface area contributed by atoms with Crippen molar-refractivity contribution in [1.29, 1.82) is 0 Å². The number of rotatable bonds is 18. The molecule has 150 valence electrons. The smallest absolute Gasteiger partial charge is 0.862 e. The van der Waals surface area contributed by atoms with Gasteiger partial charge in [-0.15, -0.1) is 0 Å². The van der Waals surface area contributed by atoms with Crippen molar-refractivity contribution in [2.45, 2.75) is 103 Å². The molecule has 0 amide bonds. The average molecular weight is 416 g/mol. The molecule has 0 heterocycles. The molecule has 0 unspecified atom stereocenters. The first kappa shape index (κ1) is 29.2. The Kier molecular flexibility index (Phi) is 23.3. The molecule has 5 nitrogen and oxygen atoms in total. The summed E-state index contributed by atoms with van der Waals surface area (Å²) in [5.41, 5.74) is 0. The molecule has 0 bridgehead atoms. The molecular formula is C19H38KNO4S. The predicted molar refractivity (Wildman–Crippen MR) is 104 cm³/mol. The van der Waals surface area contributed by atoms with E-state index in [-0.39, 0.29) is 63.8 Å². The first-order valence-electron chi connectivity index (χ1n) is 10.1. The first-order valence-corrected chi connectivity index (χ1v) is 11.7. The largest absolute Gasteiger partial charge is 1.00 e. The molecule has 26 heavy (non-hydrogen) atoms. The topological polar surface area (TPSA) is 89.8 Å². The van der Waals surface area contributed by atoms with Crippen molar-refractivity contribution in [3.05, 3.63) is 0 Å². The second-order valence-electron chi connectivity index (χ2n) is 6.91. The minimum Gasteiger partial charge on any atom is -0.862 e. The number of hydrogen-bond acceptors (Lipinski definition) is 4. The van der Waals surface area contributed by atoms with Gasteiger partial charge in [-0.05, 0) is 18.7 Å². The second kappa shape index (κ2) is 20.7. The fraction of sp³-hybridized carbons (Fsp3) is 0.947. The Labute approximate surface area is 204 Å². The number of hydrogen-bond donors (Lipinski definition) is 1. The van der Waals surface area contributed by atoms with Crippen molar-refractivity contribution in [1.82, 2.24) is 0 Å². The van der Waals surface area contributed by atoms with Crippen LogP contribution in [0.15, 0.2) is 4.99 Å². The molecule has 0 aromatic carbocycles. The summed E-state index contributed by atoms with van der Waals surface area (Å²) < 4.78 is 29.5. The van der Waals surface area contributed by atoms with Crippen LogP contribution in [0.4, 0.5) is 0 Å². The zero-order chi connectivity index (χ0) is 18.8. The van der Waals surface area contributed by atoms with Crippen molar-refractivity contribution in [3.8, 4) is 0 Å². The van der Waals surface area contributed by atoms with Crippen molar-refractivity contribution >= 4 is 16.0 Å². The van der Waals surface area contributed by atoms with E-state index < -0.39 is 15.9 Å². The van der Waals surface area contributed by atoms with Gasteiger partial charge < -0.3 is 10.1 Å². The first-order chi connectivity index (χ1) is 12.0. The molecule has 0 aliphatic heterocycles. The second-order valence-corrected chi connectivity index (χ2v) is 8.48. The standard InChI is InChI=1S/C19H39NO4S.K/c1-2-3-4-5-6-7-8-9-10-11-12-13-14-15-16-19(21)20-17-18-25(22,23)24;/h2-18H2,1H3,(H,20,21)(H,22,23,24);/q;+1/p-1. The minimum absolute atomic E-state index is 0. The van der Waals surface area contributed by atoms with Crippen LogP contribution in [0.2, 0.25) is 0 Å². The monoisotopic (exact) mass is 415 g/mol. The van der Waals surface area contributed by atoms with Gasteiger partial charge in [-0.3, -0.25) is 4.55 Å². The molecule has 0 aliphatic carbocycles. The summed E-state index contributed by atoms with van der Waals surface area (Å²) >= 11 is 0. The van der Waals surface area contributed by atoms with Crippen molar-refractivity contribution in [2.24, 2.45) is 4.99 Å². The van der Waals surface area contributed by atoms with Gasteiger partial charge in [0, 0.05) is 0 Å². The van der Waals surface area contributed by atoms with Crippen LogP contribution < -0.4 is 56.5 Å². The minimum atomic E-state index is -4.02. The van der Waals surface area contributed by atoms with Crippen LogP contribution in [0.1, 0.15) is 103 Å². The van der Waals surface area contributed by atoms with Crippen LogP contribution >= 0.6 is 0 Å². The van der Waals surface area contributed by atoms with Crippen LogP contribution in [-0.4, -0.2) is 31.2 Å². The summed E-state index contributed by atoms with van der Waals surface area (Å²) in [5.74, 6) is -0.736. The molecule has 0 radical (unpaired) electrons. The van der Waals surface area contributed by atoms with E-state index in [0.717, 1.165) is 19.3 Å². The van der Waals surface area contributed by atoms with E-state index in [9.17, 15) is 13.5 Å². The molecule has 7 heteroatoms. The maximum Gasteiger partial charge on any atom is 1.00 e. The molecule has 0 fully saturated rings. The van der Waals surface area contributed by atoms with Crippen molar-refractivity contribution < 1.29 is 69.5 Å². The molecule has 0 rings (SSSR count). The quantitative estimate of drug-likeness (QED) is 0.121. The molecular weight excluding hydrogens is 377 g/mol. The van der Waals surface area contributed by atoms with Gasteiger partial charge in [0.25, 0.3) is 10.1 Å². The van der Waals surface area contributed by atoms with E-state index in [1.165, 1.54) is 70.6 Å². The molecule has 0 saturated carbocycles. The van der Waals surface area contributed by atoms with Gasteiger partial charge in [-0.2, -0.15) is 8.42 Å². The van der Waals surface area contributed by atoms with Gasteiger partial charge in [0.2, 0.25) is 0 Å². The van der Waals surface area contributed by atoms with E-state index in [2.05, 4.69) is 11.9 Å². The van der Waals surface area contributed by atoms with Gasteiger partial charge in [0.05, 0.1) is 12.3 Å². The summed E-state index contributed by atoms with van der Waals surface area (Å²) in [7, 11) is -4.02. The molecule has 1 N–H and O–H groups in total. The molecule has 0 aliphatic rings. The Morgan fingerprint density at radius 1 is 0.808 bits per heavy atom. The molecule has 0 aromatic heterocycles. The molecule has 0 aromatic rings. The summed E-state index contributed by atoms with van der Waals surface area (Å²) in [4.78, 5) is 3.63. The zero-order valence-electron chi connectivity index (χ0n) is 17.0. The van der Waals surface area contributed by atoms with Crippen LogP contribution in [0.3, 0.4) is 0 Å². The third kappa shape index (κ3) is 25.0. The van der Waals surface area contributed by atoms with E-state index in [1.807, 2.05) is 0 Å². The summed E-state index contributed by atoms with van der Waals surface area (Å²) in [6.45, 7) is 2.11. The van der Waals surface area contributed by atoms with E-state index >= 15 is 0 Å². The van der Waals surface area contributed by atoms with Gasteiger partial charge in [-0.1, -0.05) is 90.4 Å². The number of aliphatic imine (C=N–C) groups is 1. The van der Waals surface area contributed by atoms with Crippen LogP contribution in [-0.2, 0) is 10.1 Å². The van der Waals surface area contributed by atoms with Gasteiger partial charge in [-0.25, -0.2) is 0 Å². The summed E-state index contributed by atoms with van der Waals surface area (Å²) in [6, 6.07) is 0. The van der Waals surface area contributed by atoms with Crippen molar-refractivity contribution in [2.75, 3.05) is 12.3 Å². The predicted octanol–water partition coefficient (Wildman–Crippen LogP) is 1.51.